The molecule has 0 bridgehead atoms. The lowest BCUT2D eigenvalue weighted by molar-refractivity contribution is 0.0821. The van der Waals surface area contributed by atoms with Crippen molar-refractivity contribution in [2.45, 2.75) is 50.8 Å². The van der Waals surface area contributed by atoms with Gasteiger partial charge in [-0.3, -0.25) is 10.1 Å². The van der Waals surface area contributed by atoms with Gasteiger partial charge < -0.3 is 20.1 Å². The summed E-state index contributed by atoms with van der Waals surface area (Å²) in [6.07, 6.45) is 2.00. The van der Waals surface area contributed by atoms with Gasteiger partial charge in [-0.15, -0.1) is 0 Å². The van der Waals surface area contributed by atoms with Gasteiger partial charge in [-0.2, -0.15) is 0 Å². The van der Waals surface area contributed by atoms with Gasteiger partial charge in [0.1, 0.15) is 11.0 Å². The summed E-state index contributed by atoms with van der Waals surface area (Å²) in [5, 5.41) is 17.8. The van der Waals surface area contributed by atoms with Gasteiger partial charge in [0.2, 0.25) is 0 Å². The van der Waals surface area contributed by atoms with E-state index in [9.17, 15) is 9.90 Å². The van der Waals surface area contributed by atoms with Crippen LogP contribution < -0.4 is 15.5 Å². The maximum Gasteiger partial charge on any atom is 0.251 e. The first kappa shape index (κ1) is 26.4. The largest absolute Gasteiger partial charge is 0.390 e. The average Bonchev–Trinajstić information content (AvgIpc) is 3.71. The number of hydrogen-bond acceptors (Lipinski definition) is 6. The van der Waals surface area contributed by atoms with E-state index in [0.717, 1.165) is 5.56 Å². The van der Waals surface area contributed by atoms with E-state index in [0.29, 0.717) is 56.6 Å². The summed E-state index contributed by atoms with van der Waals surface area (Å²) in [7, 11) is 0. The van der Waals surface area contributed by atoms with E-state index < -0.39 is 17.7 Å². The molecule has 1 aliphatic heterocycles. The van der Waals surface area contributed by atoms with Gasteiger partial charge >= 0.3 is 0 Å². The van der Waals surface area contributed by atoms with E-state index in [1.165, 1.54) is 12.8 Å². The standard InChI is InChI=1S/C28H35ClN4O3/c1-28(2,11-10-20-8-9-20)30-19-24(34)23(16-21-6-4-3-5-7-21)31-27(35)22-17-25(29)32-26(18-22)33-12-14-36-15-13-33/h3-7,17-18,20,23-24,30,34H,8-9,12-16,19H2,1-2H3,(H,31,35). The summed E-state index contributed by atoms with van der Waals surface area (Å²) < 4.78 is 5.42. The number of β-amino-alcohol motifs (C(OH)–C–C–N with tert-alkyl or cyclic N) is 1. The molecule has 1 saturated heterocycles. The van der Waals surface area contributed by atoms with Gasteiger partial charge in [0.15, 0.2) is 0 Å². The van der Waals surface area contributed by atoms with Crippen LogP contribution >= 0.6 is 11.6 Å². The van der Waals surface area contributed by atoms with E-state index >= 15 is 0 Å². The van der Waals surface area contributed by atoms with Crippen molar-refractivity contribution < 1.29 is 14.6 Å². The molecule has 2 atom stereocenters. The fourth-order valence-electron chi connectivity index (χ4n) is 4.03. The lowest BCUT2D eigenvalue weighted by Gasteiger charge is -2.29. The third-order valence-corrected chi connectivity index (χ3v) is 6.57. The molecule has 2 aliphatic rings. The third-order valence-electron chi connectivity index (χ3n) is 6.38. The number of hydrogen-bond donors (Lipinski definition) is 3. The Balaban J connectivity index is 1.47. The minimum Gasteiger partial charge on any atom is -0.390 e. The van der Waals surface area contributed by atoms with Crippen LogP contribution in [-0.2, 0) is 11.2 Å². The van der Waals surface area contributed by atoms with Crippen molar-refractivity contribution in [3.05, 3.63) is 58.7 Å². The van der Waals surface area contributed by atoms with Gasteiger partial charge in [0, 0.05) is 31.1 Å². The van der Waals surface area contributed by atoms with Crippen molar-refractivity contribution in [1.82, 2.24) is 15.6 Å². The van der Waals surface area contributed by atoms with Crippen molar-refractivity contribution in [3.8, 4) is 11.8 Å². The highest BCUT2D eigenvalue weighted by Gasteiger charge is 2.26. The number of rotatable bonds is 9. The smallest absolute Gasteiger partial charge is 0.251 e. The van der Waals surface area contributed by atoms with Gasteiger partial charge in [0.25, 0.3) is 5.91 Å². The normalized spacial score (nSPS) is 17.6. The van der Waals surface area contributed by atoms with E-state index in [1.54, 1.807) is 12.1 Å². The molecule has 4 rings (SSSR count). The maximum absolute atomic E-state index is 13.3. The monoisotopic (exact) mass is 510 g/mol. The Bertz CT molecular complexity index is 1090. The SMILES string of the molecule is CC(C)(C#CC1CC1)NCC(O)C(Cc1ccccc1)NC(=O)c1cc(Cl)nc(N2CCOCC2)c1. The summed E-state index contributed by atoms with van der Waals surface area (Å²) in [6.45, 7) is 6.90. The zero-order chi connectivity index (χ0) is 25.5. The molecule has 1 saturated carbocycles. The van der Waals surface area contributed by atoms with Crippen LogP contribution in [-0.4, -0.2) is 66.5 Å². The van der Waals surface area contributed by atoms with Crippen LogP contribution in [0.3, 0.4) is 0 Å². The molecular weight excluding hydrogens is 476 g/mol. The first-order chi connectivity index (χ1) is 17.3. The van der Waals surface area contributed by atoms with Crippen LogP contribution in [0, 0.1) is 17.8 Å². The third kappa shape index (κ3) is 7.94. The van der Waals surface area contributed by atoms with E-state index in [1.807, 2.05) is 44.2 Å². The Morgan fingerprint density at radius 1 is 1.25 bits per heavy atom. The fourth-order valence-corrected chi connectivity index (χ4v) is 4.23. The first-order valence-corrected chi connectivity index (χ1v) is 13.0. The Morgan fingerprint density at radius 2 is 1.97 bits per heavy atom. The van der Waals surface area contributed by atoms with Crippen molar-refractivity contribution >= 4 is 23.3 Å². The summed E-state index contributed by atoms with van der Waals surface area (Å²) in [5.74, 6) is 7.42. The quantitative estimate of drug-likeness (QED) is 0.355. The second kappa shape index (κ2) is 12.1. The zero-order valence-corrected chi connectivity index (χ0v) is 21.7. The van der Waals surface area contributed by atoms with E-state index in [4.69, 9.17) is 16.3 Å². The van der Waals surface area contributed by atoms with Gasteiger partial charge in [-0.05, 0) is 50.8 Å². The molecule has 8 heteroatoms. The topological polar surface area (TPSA) is 86.7 Å². The number of halogens is 1. The number of carbonyl (C=O) groups excluding carboxylic acids is 1. The second-order valence-corrected chi connectivity index (χ2v) is 10.4. The van der Waals surface area contributed by atoms with E-state index in [-0.39, 0.29) is 11.1 Å². The second-order valence-electron chi connectivity index (χ2n) is 10.0. The van der Waals surface area contributed by atoms with Crippen molar-refractivity contribution in [3.63, 3.8) is 0 Å². The Morgan fingerprint density at radius 3 is 2.67 bits per heavy atom. The number of carbonyl (C=O) groups is 1. The van der Waals surface area contributed by atoms with Crippen LogP contribution in [0.15, 0.2) is 42.5 Å². The molecule has 1 amide bonds. The maximum atomic E-state index is 13.3. The molecule has 0 spiro atoms. The Labute approximate surface area is 218 Å². The van der Waals surface area contributed by atoms with E-state index in [2.05, 4.69) is 32.4 Å². The molecule has 2 aromatic rings. The number of aliphatic hydroxyl groups excluding tert-OH is 1. The predicted molar refractivity (Wildman–Crippen MR) is 142 cm³/mol. The molecule has 1 aromatic heterocycles. The number of pyridine rings is 1. The number of nitrogens with zero attached hydrogens (tertiary/aromatic N) is 2. The van der Waals surface area contributed by atoms with Crippen molar-refractivity contribution in [2.75, 3.05) is 37.7 Å². The Hall–Kier alpha value is -2.63. The molecule has 0 radical (unpaired) electrons. The summed E-state index contributed by atoms with van der Waals surface area (Å²) >= 11 is 6.28. The molecule has 192 valence electrons. The minimum absolute atomic E-state index is 0.252. The number of anilines is 1. The van der Waals surface area contributed by atoms with Gasteiger partial charge in [-0.1, -0.05) is 53.8 Å². The van der Waals surface area contributed by atoms with Crippen LogP contribution in [0.2, 0.25) is 5.15 Å². The van der Waals surface area contributed by atoms with Crippen LogP contribution in [0.4, 0.5) is 5.82 Å². The van der Waals surface area contributed by atoms with Crippen molar-refractivity contribution in [1.29, 1.82) is 0 Å². The number of ether oxygens (including phenoxy) is 1. The van der Waals surface area contributed by atoms with Crippen LogP contribution in [0.1, 0.15) is 42.6 Å². The molecule has 1 aliphatic carbocycles. The molecule has 2 unspecified atom stereocenters. The highest BCUT2D eigenvalue weighted by atomic mass is 35.5. The summed E-state index contributed by atoms with van der Waals surface area (Å²) in [4.78, 5) is 19.8. The number of morpholine rings is 1. The molecule has 1 aromatic carbocycles. The summed E-state index contributed by atoms with van der Waals surface area (Å²) in [5.41, 5.74) is 0.998. The molecule has 3 N–H and O–H groups in total. The average molecular weight is 511 g/mol. The zero-order valence-electron chi connectivity index (χ0n) is 21.0. The molecule has 2 fully saturated rings. The van der Waals surface area contributed by atoms with Crippen molar-refractivity contribution in [2.24, 2.45) is 5.92 Å². The lowest BCUT2D eigenvalue weighted by Crippen LogP contribution is -2.52. The van der Waals surface area contributed by atoms with Gasteiger partial charge in [0.05, 0.1) is 30.9 Å². The number of aromatic nitrogens is 1. The Kier molecular flexibility index (Phi) is 8.86. The van der Waals surface area contributed by atoms with Gasteiger partial charge in [-0.25, -0.2) is 4.98 Å². The molecule has 7 nitrogen and oxygen atoms in total. The molecule has 2 heterocycles. The lowest BCUT2D eigenvalue weighted by atomic mass is 9.99. The predicted octanol–water partition coefficient (Wildman–Crippen LogP) is 3.06. The molecular formula is C28H35ClN4O3. The molecule has 36 heavy (non-hydrogen) atoms. The highest BCUT2D eigenvalue weighted by molar-refractivity contribution is 6.29. The summed E-state index contributed by atoms with van der Waals surface area (Å²) in [6, 6.07) is 12.6. The van der Waals surface area contributed by atoms with Crippen LogP contribution in [0.25, 0.3) is 0 Å². The fraction of sp³-hybridized carbons (Fsp3) is 0.500. The number of amides is 1. The minimum atomic E-state index is -0.827. The van der Waals surface area contributed by atoms with Crippen LogP contribution in [0.5, 0.6) is 0 Å². The first-order valence-electron chi connectivity index (χ1n) is 12.6. The number of nitrogens with one attached hydrogen (secondary N) is 2. The highest BCUT2D eigenvalue weighted by Crippen LogP contribution is 2.27. The number of benzene rings is 1. The number of aliphatic hydroxyl groups is 1.